The third kappa shape index (κ3) is 11.0. The number of carboxylic acid groups (broad SMARTS) is 1. The number of para-hydroxylation sites is 1. The van der Waals surface area contributed by atoms with Gasteiger partial charge in [-0.3, -0.25) is 4.90 Å². The zero-order valence-electron chi connectivity index (χ0n) is 32.1. The fourth-order valence-corrected chi connectivity index (χ4v) is 8.31. The molecule has 3 N–H and O–H groups in total. The first kappa shape index (κ1) is 40.9. The molecule has 2 aromatic carbocycles. The van der Waals surface area contributed by atoms with Gasteiger partial charge >= 0.3 is 5.97 Å². The number of hydrogen-bond donors (Lipinski definition) is 3. The number of aliphatic hydroxyl groups excluding tert-OH is 1. The Morgan fingerprint density at radius 3 is 2.64 bits per heavy atom. The van der Waals surface area contributed by atoms with Crippen LogP contribution in [0.3, 0.4) is 0 Å². The van der Waals surface area contributed by atoms with Crippen molar-refractivity contribution < 1.29 is 33.4 Å². The van der Waals surface area contributed by atoms with Gasteiger partial charge in [0.1, 0.15) is 25.7 Å². The van der Waals surface area contributed by atoms with Gasteiger partial charge in [-0.05, 0) is 88.7 Å². The third-order valence-electron chi connectivity index (χ3n) is 9.37. The lowest BCUT2D eigenvalue weighted by Gasteiger charge is -2.39. The smallest absolute Gasteiger partial charge is 0.355 e. The average molecular weight is 804 g/mol. The lowest BCUT2D eigenvalue weighted by atomic mass is 10.1. The fraction of sp³-hybridized carbons (Fsp3) is 0.425. The predicted molar refractivity (Wildman–Crippen MR) is 218 cm³/mol. The number of anilines is 4. The quantitative estimate of drug-likeness (QED) is 0.0567. The lowest BCUT2D eigenvalue weighted by Crippen LogP contribution is -2.55. The summed E-state index contributed by atoms with van der Waals surface area (Å²) < 4.78 is 27.8. The average Bonchev–Trinajstić information content (AvgIpc) is 3.78. The maximum atomic E-state index is 14.8. The number of halogens is 1. The van der Waals surface area contributed by atoms with Gasteiger partial charge in [0.25, 0.3) is 0 Å². The van der Waals surface area contributed by atoms with E-state index in [-0.39, 0.29) is 18.1 Å². The molecule has 56 heavy (non-hydrogen) atoms. The maximum absolute atomic E-state index is 14.8. The van der Waals surface area contributed by atoms with E-state index in [2.05, 4.69) is 44.4 Å². The number of quaternary nitrogens is 1. The Morgan fingerprint density at radius 1 is 1.11 bits per heavy atom. The van der Waals surface area contributed by atoms with Crippen molar-refractivity contribution in [1.82, 2.24) is 25.1 Å². The number of aliphatic hydroxyl groups is 1. The summed E-state index contributed by atoms with van der Waals surface area (Å²) in [6.45, 7) is 6.78. The summed E-state index contributed by atoms with van der Waals surface area (Å²) in [6, 6.07) is 14.4. The second-order valence-corrected chi connectivity index (χ2v) is 16.5. The highest BCUT2D eigenvalue weighted by atomic mass is 32.1. The molecule has 1 unspecified atom stereocenters. The molecule has 296 valence electrons. The van der Waals surface area contributed by atoms with Gasteiger partial charge < -0.3 is 34.4 Å². The Hall–Kier alpha value is -4.76. The molecule has 0 spiro atoms. The van der Waals surface area contributed by atoms with E-state index in [1.807, 2.05) is 61.2 Å². The van der Waals surface area contributed by atoms with Gasteiger partial charge in [0.05, 0.1) is 43.6 Å². The molecular formula is C40H48FN8O5S2+. The molecule has 3 aromatic heterocycles. The number of nitrogens with one attached hydrogen (secondary N) is 1. The number of fused-ring (bicyclic) bond motifs is 1. The molecule has 0 saturated carbocycles. The van der Waals surface area contributed by atoms with Crippen molar-refractivity contribution in [2.24, 2.45) is 0 Å². The molecule has 0 bridgehead atoms. The first-order chi connectivity index (χ1) is 27.0. The fourth-order valence-electron chi connectivity index (χ4n) is 6.31. The van der Waals surface area contributed by atoms with Crippen LogP contribution < -0.4 is 15.0 Å². The molecular weight excluding hydrogens is 756 g/mol. The summed E-state index contributed by atoms with van der Waals surface area (Å²) in [5.74, 6) is 5.45. The Labute approximate surface area is 334 Å². The summed E-state index contributed by atoms with van der Waals surface area (Å²) >= 11 is 2.79. The number of carboxylic acids is 1. The number of aryl methyl sites for hydroxylation is 2. The minimum atomic E-state index is -1.14. The number of rotatable bonds is 17. The van der Waals surface area contributed by atoms with Crippen LogP contribution in [0.1, 0.15) is 45.8 Å². The topological polar surface area (TPSA) is 146 Å². The predicted octanol–water partition coefficient (Wildman–Crippen LogP) is 6.11. The number of morpholine rings is 1. The molecule has 6 rings (SSSR count). The van der Waals surface area contributed by atoms with E-state index in [1.165, 1.54) is 28.7 Å². The van der Waals surface area contributed by atoms with Crippen LogP contribution in [0, 0.1) is 24.6 Å². The van der Waals surface area contributed by atoms with Gasteiger partial charge in [-0.25, -0.2) is 19.2 Å². The van der Waals surface area contributed by atoms with Gasteiger partial charge in [0.15, 0.2) is 39.2 Å². The summed E-state index contributed by atoms with van der Waals surface area (Å²) in [4.78, 5) is 26.1. The van der Waals surface area contributed by atoms with Crippen LogP contribution in [0.5, 0.6) is 5.75 Å². The number of hydrogen-bond acceptors (Lipinski definition) is 13. The number of benzene rings is 2. The van der Waals surface area contributed by atoms with Crippen LogP contribution in [-0.4, -0.2) is 126 Å². The van der Waals surface area contributed by atoms with E-state index in [1.54, 1.807) is 12.1 Å². The first-order valence-electron chi connectivity index (χ1n) is 18.6. The molecule has 1 aliphatic heterocycles. The highest BCUT2D eigenvalue weighted by Gasteiger charge is 2.29. The molecule has 1 saturated heterocycles. The van der Waals surface area contributed by atoms with E-state index in [0.717, 1.165) is 33.4 Å². The Balaban J connectivity index is 1.16. The molecule has 13 nitrogen and oxygen atoms in total. The minimum Gasteiger partial charge on any atom is -0.491 e. The number of aromatic carboxylic acids is 1. The van der Waals surface area contributed by atoms with Crippen molar-refractivity contribution in [3.63, 3.8) is 0 Å². The number of ether oxygens (including phenoxy) is 2. The van der Waals surface area contributed by atoms with Crippen molar-refractivity contribution in [3.05, 3.63) is 76.0 Å². The van der Waals surface area contributed by atoms with Gasteiger partial charge in [0.2, 0.25) is 0 Å². The molecule has 0 amide bonds. The first-order valence-corrected chi connectivity index (χ1v) is 20.2. The second-order valence-electron chi connectivity index (χ2n) is 14.4. The summed E-state index contributed by atoms with van der Waals surface area (Å²) in [5.41, 5.74) is 2.22. The zero-order valence-corrected chi connectivity index (χ0v) is 33.8. The Kier molecular flexibility index (Phi) is 13.8. The number of carbonyl (C=O) groups is 1. The van der Waals surface area contributed by atoms with Crippen molar-refractivity contribution in [1.29, 1.82) is 0 Å². The molecule has 0 radical (unpaired) electrons. The molecule has 5 aromatic rings. The number of likely N-dealkylation sites (N-methyl/N-ethyl adjacent to an activating group) is 1. The summed E-state index contributed by atoms with van der Waals surface area (Å²) in [7, 11) is 5.97. The Bertz CT molecular complexity index is 2150. The van der Waals surface area contributed by atoms with Crippen molar-refractivity contribution in [3.8, 4) is 17.6 Å². The van der Waals surface area contributed by atoms with Crippen LogP contribution in [-0.2, 0) is 11.2 Å². The summed E-state index contributed by atoms with van der Waals surface area (Å²) in [5, 5.41) is 34.7. The molecule has 1 fully saturated rings. The van der Waals surface area contributed by atoms with Crippen LogP contribution in [0.25, 0.3) is 10.2 Å². The van der Waals surface area contributed by atoms with Crippen LogP contribution in [0.4, 0.5) is 26.3 Å². The molecule has 1 aliphatic rings. The van der Waals surface area contributed by atoms with Gasteiger partial charge in [-0.15, -0.1) is 21.5 Å². The minimum absolute atomic E-state index is 0.0505. The van der Waals surface area contributed by atoms with Crippen LogP contribution >= 0.6 is 22.7 Å². The van der Waals surface area contributed by atoms with Crippen molar-refractivity contribution in [2.45, 2.75) is 38.7 Å². The highest BCUT2D eigenvalue weighted by Crippen LogP contribution is 2.34. The van der Waals surface area contributed by atoms with Crippen LogP contribution in [0.2, 0.25) is 0 Å². The Morgan fingerprint density at radius 2 is 1.91 bits per heavy atom. The van der Waals surface area contributed by atoms with Crippen molar-refractivity contribution >= 4 is 60.8 Å². The van der Waals surface area contributed by atoms with E-state index in [0.29, 0.717) is 90.9 Å². The highest BCUT2D eigenvalue weighted by molar-refractivity contribution is 7.22. The SMILES string of the molecule is Cc1cc(N(CCCC(O)C[N+]2(C)CCOCC2)c2nc(C(=O)O)c(CCCOc3ccc(C#CCN(C)C)cc3F)s2)nnc1Nc1nc2ccccc2s1. The monoisotopic (exact) mass is 803 g/mol. The molecule has 1 atom stereocenters. The third-order valence-corrected chi connectivity index (χ3v) is 11.5. The standard InChI is InChI=1S/C40H47FN8O5S2/c1-27-24-35(45-46-37(27)44-39-42-31-12-5-6-13-33(31)55-39)48(18-8-11-29(50)26-49(4)19-22-53-23-20-49)40-43-36(38(51)52)34(56-40)14-9-21-54-32-16-15-28(25-30(32)41)10-7-17-47(2)3/h5-6,12-13,15-16,24-25,29,50H,8-9,11,14,17-23,26H2,1-4H3,(H-,42,44,46,51,52)/p+1. The van der Waals surface area contributed by atoms with Gasteiger partial charge in [-0.1, -0.05) is 35.3 Å². The van der Waals surface area contributed by atoms with Gasteiger partial charge in [0, 0.05) is 17.0 Å². The number of thiazole rings is 2. The number of nitrogens with zero attached hydrogens (tertiary/aromatic N) is 7. The van der Waals surface area contributed by atoms with Gasteiger partial charge in [-0.2, -0.15) is 0 Å². The van der Waals surface area contributed by atoms with E-state index in [4.69, 9.17) is 9.47 Å². The molecule has 4 heterocycles. The normalized spacial score (nSPS) is 14.3. The number of aromatic nitrogens is 4. The molecule has 0 aliphatic carbocycles. The van der Waals surface area contributed by atoms with E-state index >= 15 is 0 Å². The van der Waals surface area contributed by atoms with E-state index < -0.39 is 17.9 Å². The van der Waals surface area contributed by atoms with Crippen molar-refractivity contribution in [2.75, 3.05) is 83.9 Å². The zero-order chi connectivity index (χ0) is 39.7. The van der Waals surface area contributed by atoms with Crippen LogP contribution in [0.15, 0.2) is 48.5 Å². The largest absolute Gasteiger partial charge is 0.491 e. The second kappa shape index (κ2) is 18.9. The maximum Gasteiger partial charge on any atom is 0.355 e. The summed E-state index contributed by atoms with van der Waals surface area (Å²) in [6.07, 6.45) is 1.41. The lowest BCUT2D eigenvalue weighted by molar-refractivity contribution is -0.919. The van der Waals surface area contributed by atoms with E-state index in [9.17, 15) is 19.4 Å². The molecule has 16 heteroatoms.